The third-order valence-electron chi connectivity index (χ3n) is 5.01. The van der Waals surface area contributed by atoms with E-state index in [4.69, 9.17) is 9.26 Å². The van der Waals surface area contributed by atoms with Crippen molar-refractivity contribution in [2.75, 3.05) is 18.1 Å². The molecule has 3 heterocycles. The molecule has 0 spiro atoms. The maximum Gasteiger partial charge on any atom is 0.229 e. The molecule has 4 rings (SSSR count). The van der Waals surface area contributed by atoms with Gasteiger partial charge in [0, 0.05) is 25.1 Å². The lowest BCUT2D eigenvalue weighted by molar-refractivity contribution is -0.126. The first-order chi connectivity index (χ1) is 14.0. The van der Waals surface area contributed by atoms with Crippen molar-refractivity contribution < 1.29 is 18.8 Å². The lowest BCUT2D eigenvalue weighted by Gasteiger charge is -2.13. The maximum absolute atomic E-state index is 12.6. The predicted octanol–water partition coefficient (Wildman–Crippen LogP) is 2.97. The second-order valence-corrected chi connectivity index (χ2v) is 7.99. The second kappa shape index (κ2) is 7.82. The van der Waals surface area contributed by atoms with Crippen molar-refractivity contribution in [3.8, 4) is 5.75 Å². The van der Waals surface area contributed by atoms with Crippen LogP contribution in [-0.4, -0.2) is 35.1 Å². The van der Waals surface area contributed by atoms with Crippen LogP contribution < -0.4 is 15.0 Å². The summed E-state index contributed by atoms with van der Waals surface area (Å²) in [7, 11) is 0. The molecule has 1 aliphatic heterocycles. The number of hydrogen-bond acceptors (Lipinski definition) is 7. The van der Waals surface area contributed by atoms with Crippen LogP contribution in [0.5, 0.6) is 5.75 Å². The Bertz CT molecular complexity index is 1050. The molecule has 2 amide bonds. The molecule has 8 nitrogen and oxygen atoms in total. The highest BCUT2D eigenvalue weighted by molar-refractivity contribution is 7.22. The Morgan fingerprint density at radius 3 is 2.97 bits per heavy atom. The van der Waals surface area contributed by atoms with E-state index in [9.17, 15) is 9.59 Å². The van der Waals surface area contributed by atoms with Gasteiger partial charge in [0.25, 0.3) is 0 Å². The largest absolute Gasteiger partial charge is 0.494 e. The van der Waals surface area contributed by atoms with Crippen LogP contribution in [0.2, 0.25) is 0 Å². The number of thiazole rings is 1. The van der Waals surface area contributed by atoms with Gasteiger partial charge in [-0.15, -0.1) is 0 Å². The molecular weight excluding hydrogens is 392 g/mol. The van der Waals surface area contributed by atoms with E-state index in [0.29, 0.717) is 30.6 Å². The van der Waals surface area contributed by atoms with E-state index in [1.54, 1.807) is 4.90 Å². The van der Waals surface area contributed by atoms with Crippen LogP contribution in [0.3, 0.4) is 0 Å². The number of aromatic nitrogens is 2. The first kappa shape index (κ1) is 19.4. The summed E-state index contributed by atoms with van der Waals surface area (Å²) in [5, 5.41) is 7.40. The summed E-state index contributed by atoms with van der Waals surface area (Å²) in [6.07, 6.45) is 0.174. The first-order valence-corrected chi connectivity index (χ1v) is 10.3. The van der Waals surface area contributed by atoms with Gasteiger partial charge in [-0.2, -0.15) is 0 Å². The van der Waals surface area contributed by atoms with E-state index >= 15 is 0 Å². The monoisotopic (exact) mass is 414 g/mol. The summed E-state index contributed by atoms with van der Waals surface area (Å²) in [5.74, 6) is 0.813. The Morgan fingerprint density at radius 2 is 2.24 bits per heavy atom. The molecule has 3 aromatic rings. The number of benzene rings is 1. The zero-order chi connectivity index (χ0) is 20.5. The minimum Gasteiger partial charge on any atom is -0.494 e. The Kier molecular flexibility index (Phi) is 5.23. The highest BCUT2D eigenvalue weighted by Crippen LogP contribution is 2.34. The predicted molar refractivity (Wildman–Crippen MR) is 109 cm³/mol. The van der Waals surface area contributed by atoms with E-state index in [1.807, 2.05) is 39.0 Å². The summed E-state index contributed by atoms with van der Waals surface area (Å²) in [6, 6.07) is 5.68. The molecule has 152 valence electrons. The standard InChI is InChI=1S/C20H22N4O4S/c1-4-27-14-5-6-16-17(8-14)29-20(22-16)24-10-13(7-18(24)25)19(26)21-9-15-11(2)23-28-12(15)3/h5-6,8,13H,4,7,9-10H2,1-3H3,(H,21,26). The lowest BCUT2D eigenvalue weighted by Crippen LogP contribution is -2.32. The molecule has 29 heavy (non-hydrogen) atoms. The number of hydrogen-bond donors (Lipinski definition) is 1. The zero-order valence-electron chi connectivity index (χ0n) is 16.5. The molecule has 1 aliphatic rings. The van der Waals surface area contributed by atoms with Gasteiger partial charge in [-0.1, -0.05) is 16.5 Å². The maximum atomic E-state index is 12.6. The number of carbonyl (C=O) groups excluding carboxylic acids is 2. The van der Waals surface area contributed by atoms with Gasteiger partial charge in [-0.05, 0) is 39.0 Å². The van der Waals surface area contributed by atoms with Crippen LogP contribution in [0.25, 0.3) is 10.2 Å². The SMILES string of the molecule is CCOc1ccc2nc(N3CC(C(=O)NCc4c(C)noc4C)CC3=O)sc2c1. The molecule has 0 radical (unpaired) electrons. The molecule has 9 heteroatoms. The third kappa shape index (κ3) is 3.82. The van der Waals surface area contributed by atoms with E-state index in [1.165, 1.54) is 11.3 Å². The fourth-order valence-electron chi connectivity index (χ4n) is 3.41. The third-order valence-corrected chi connectivity index (χ3v) is 6.05. The summed E-state index contributed by atoms with van der Waals surface area (Å²) in [4.78, 5) is 31.3. The quantitative estimate of drug-likeness (QED) is 0.666. The number of amides is 2. The van der Waals surface area contributed by atoms with Crippen LogP contribution in [-0.2, 0) is 16.1 Å². The van der Waals surface area contributed by atoms with E-state index < -0.39 is 5.92 Å². The molecule has 0 bridgehead atoms. The Hall–Kier alpha value is -2.94. The number of nitrogens with zero attached hydrogens (tertiary/aromatic N) is 3. The van der Waals surface area contributed by atoms with Crippen LogP contribution in [0.15, 0.2) is 22.7 Å². The number of rotatable bonds is 6. The molecule has 1 atom stereocenters. The van der Waals surface area contributed by atoms with Crippen molar-refractivity contribution in [2.24, 2.45) is 5.92 Å². The molecule has 1 aromatic carbocycles. The molecule has 1 N–H and O–H groups in total. The number of nitrogens with one attached hydrogen (secondary N) is 1. The average molecular weight is 414 g/mol. The van der Waals surface area contributed by atoms with Crippen molar-refractivity contribution in [1.29, 1.82) is 0 Å². The normalized spacial score (nSPS) is 16.6. The van der Waals surface area contributed by atoms with Crippen molar-refractivity contribution in [2.45, 2.75) is 33.7 Å². The first-order valence-electron chi connectivity index (χ1n) is 9.49. The minimum absolute atomic E-state index is 0.0911. The van der Waals surface area contributed by atoms with Gasteiger partial charge in [-0.3, -0.25) is 14.5 Å². The van der Waals surface area contributed by atoms with Gasteiger partial charge >= 0.3 is 0 Å². The highest BCUT2D eigenvalue weighted by Gasteiger charge is 2.36. The summed E-state index contributed by atoms with van der Waals surface area (Å²) in [6.45, 7) is 6.83. The summed E-state index contributed by atoms with van der Waals surface area (Å²) < 4.78 is 11.6. The fraction of sp³-hybridized carbons (Fsp3) is 0.400. The summed E-state index contributed by atoms with van der Waals surface area (Å²) in [5.41, 5.74) is 2.44. The average Bonchev–Trinajstić information content (AvgIpc) is 3.37. The van der Waals surface area contributed by atoms with E-state index in [-0.39, 0.29) is 18.2 Å². The van der Waals surface area contributed by atoms with Crippen molar-refractivity contribution in [1.82, 2.24) is 15.5 Å². The van der Waals surface area contributed by atoms with Gasteiger partial charge in [-0.25, -0.2) is 4.98 Å². The van der Waals surface area contributed by atoms with Gasteiger partial charge in [0.1, 0.15) is 11.5 Å². The van der Waals surface area contributed by atoms with Gasteiger partial charge < -0.3 is 14.6 Å². The highest BCUT2D eigenvalue weighted by atomic mass is 32.1. The molecule has 0 aliphatic carbocycles. The number of anilines is 1. The number of fused-ring (bicyclic) bond motifs is 1. The lowest BCUT2D eigenvalue weighted by atomic mass is 10.1. The van der Waals surface area contributed by atoms with E-state index in [0.717, 1.165) is 27.2 Å². The number of aryl methyl sites for hydroxylation is 2. The fourth-order valence-corrected chi connectivity index (χ4v) is 4.43. The van der Waals surface area contributed by atoms with Crippen molar-refractivity contribution >= 4 is 38.5 Å². The molecule has 0 saturated carbocycles. The molecule has 1 unspecified atom stereocenters. The minimum atomic E-state index is -0.408. The Balaban J connectivity index is 1.44. The molecule has 2 aromatic heterocycles. The van der Waals surface area contributed by atoms with Crippen LogP contribution in [0, 0.1) is 19.8 Å². The summed E-state index contributed by atoms with van der Waals surface area (Å²) >= 11 is 1.43. The Morgan fingerprint density at radius 1 is 1.41 bits per heavy atom. The zero-order valence-corrected chi connectivity index (χ0v) is 17.3. The van der Waals surface area contributed by atoms with E-state index in [2.05, 4.69) is 15.5 Å². The molecular formula is C20H22N4O4S. The smallest absolute Gasteiger partial charge is 0.229 e. The van der Waals surface area contributed by atoms with Crippen molar-refractivity contribution in [3.05, 3.63) is 35.2 Å². The van der Waals surface area contributed by atoms with Crippen LogP contribution in [0.4, 0.5) is 5.13 Å². The topological polar surface area (TPSA) is 97.6 Å². The molecule has 1 fully saturated rings. The van der Waals surface area contributed by atoms with Gasteiger partial charge in [0.05, 0.1) is 28.4 Å². The second-order valence-electron chi connectivity index (χ2n) is 6.98. The molecule has 1 saturated heterocycles. The number of ether oxygens (including phenoxy) is 1. The van der Waals surface area contributed by atoms with Crippen molar-refractivity contribution in [3.63, 3.8) is 0 Å². The number of carbonyl (C=O) groups is 2. The van der Waals surface area contributed by atoms with Gasteiger partial charge in [0.15, 0.2) is 5.13 Å². The Labute approximate surface area is 171 Å². The van der Waals surface area contributed by atoms with Gasteiger partial charge in [0.2, 0.25) is 11.8 Å². The van der Waals surface area contributed by atoms with Crippen LogP contribution in [0.1, 0.15) is 30.4 Å². The van der Waals surface area contributed by atoms with Crippen LogP contribution >= 0.6 is 11.3 Å².